The second-order valence-electron chi connectivity index (χ2n) is 4.39. The molecule has 1 N–H and O–H groups in total. The van der Waals surface area contributed by atoms with Crippen LogP contribution in [-0.4, -0.2) is 36.9 Å². The van der Waals surface area contributed by atoms with Gasteiger partial charge in [-0.3, -0.25) is 4.79 Å². The van der Waals surface area contributed by atoms with Gasteiger partial charge in [0.05, 0.1) is 6.10 Å². The zero-order valence-corrected chi connectivity index (χ0v) is 10.8. The van der Waals surface area contributed by atoms with E-state index in [2.05, 4.69) is 0 Å². The first-order valence-electron chi connectivity index (χ1n) is 5.99. The van der Waals surface area contributed by atoms with Gasteiger partial charge in [0.25, 0.3) is 0 Å². The highest BCUT2D eigenvalue weighted by Gasteiger charge is 2.20. The molecule has 0 radical (unpaired) electrons. The molecular weight excluding hydrogens is 254 g/mol. The maximum Gasteiger partial charge on any atom is 0.323 e. The summed E-state index contributed by atoms with van der Waals surface area (Å²) >= 11 is 5.83. The molecule has 1 aromatic carbocycles. The van der Waals surface area contributed by atoms with Gasteiger partial charge in [-0.25, -0.2) is 0 Å². The first-order valence-corrected chi connectivity index (χ1v) is 6.37. The number of benzene rings is 1. The summed E-state index contributed by atoms with van der Waals surface area (Å²) in [7, 11) is 0. The van der Waals surface area contributed by atoms with Gasteiger partial charge in [-0.15, -0.1) is 0 Å². The lowest BCUT2D eigenvalue weighted by Gasteiger charge is -2.25. The van der Waals surface area contributed by atoms with Gasteiger partial charge in [-0.2, -0.15) is 0 Å². The Bertz CT molecular complexity index is 401. The van der Waals surface area contributed by atoms with Gasteiger partial charge in [-0.05, 0) is 37.1 Å². The van der Waals surface area contributed by atoms with Crippen LogP contribution >= 0.6 is 11.6 Å². The second-order valence-corrected chi connectivity index (χ2v) is 4.82. The van der Waals surface area contributed by atoms with Crippen molar-refractivity contribution in [3.05, 3.63) is 29.3 Å². The zero-order chi connectivity index (χ0) is 13.0. The van der Waals surface area contributed by atoms with Crippen molar-refractivity contribution in [1.82, 2.24) is 0 Å². The molecule has 0 saturated carbocycles. The standard InChI is InChI=1S/C13H16ClNO3/c14-10-3-5-11(6-4-10)15(9-13(16)17)8-12-2-1-7-18-12/h3-6,12H,1-2,7-9H2,(H,16,17). The van der Waals surface area contributed by atoms with Crippen molar-refractivity contribution in [3.8, 4) is 0 Å². The number of hydrogen-bond donors (Lipinski definition) is 1. The predicted molar refractivity (Wildman–Crippen MR) is 70.3 cm³/mol. The molecule has 0 spiro atoms. The molecule has 98 valence electrons. The first-order chi connectivity index (χ1) is 8.65. The molecular formula is C13H16ClNO3. The van der Waals surface area contributed by atoms with Crippen LogP contribution < -0.4 is 4.90 Å². The summed E-state index contributed by atoms with van der Waals surface area (Å²) in [5.41, 5.74) is 0.859. The summed E-state index contributed by atoms with van der Waals surface area (Å²) in [4.78, 5) is 12.7. The number of carboxylic acid groups (broad SMARTS) is 1. The van der Waals surface area contributed by atoms with Crippen LogP contribution in [-0.2, 0) is 9.53 Å². The fourth-order valence-corrected chi connectivity index (χ4v) is 2.24. The van der Waals surface area contributed by atoms with E-state index in [0.717, 1.165) is 25.1 Å². The molecule has 1 heterocycles. The zero-order valence-electron chi connectivity index (χ0n) is 10.0. The normalized spacial score (nSPS) is 18.8. The molecule has 4 nitrogen and oxygen atoms in total. The van der Waals surface area contributed by atoms with Gasteiger partial charge in [0.2, 0.25) is 0 Å². The monoisotopic (exact) mass is 269 g/mol. The van der Waals surface area contributed by atoms with Crippen molar-refractivity contribution in [2.24, 2.45) is 0 Å². The van der Waals surface area contributed by atoms with Crippen LogP contribution in [0.15, 0.2) is 24.3 Å². The number of anilines is 1. The van der Waals surface area contributed by atoms with Gasteiger partial charge < -0.3 is 14.7 Å². The van der Waals surface area contributed by atoms with Crippen molar-refractivity contribution < 1.29 is 14.6 Å². The van der Waals surface area contributed by atoms with E-state index >= 15 is 0 Å². The number of carboxylic acids is 1. The third-order valence-corrected chi connectivity index (χ3v) is 3.22. The topological polar surface area (TPSA) is 49.8 Å². The fourth-order valence-electron chi connectivity index (χ4n) is 2.11. The molecule has 1 aliphatic rings. The Labute approximate surface area is 111 Å². The highest BCUT2D eigenvalue weighted by molar-refractivity contribution is 6.30. The van der Waals surface area contributed by atoms with E-state index in [1.807, 2.05) is 17.0 Å². The minimum atomic E-state index is -0.844. The molecule has 1 fully saturated rings. The summed E-state index contributed by atoms with van der Waals surface area (Å²) in [5.74, 6) is -0.844. The number of nitrogens with zero attached hydrogens (tertiary/aromatic N) is 1. The summed E-state index contributed by atoms with van der Waals surface area (Å²) < 4.78 is 5.55. The molecule has 0 bridgehead atoms. The molecule has 18 heavy (non-hydrogen) atoms. The Kier molecular flexibility index (Phi) is 4.44. The van der Waals surface area contributed by atoms with Crippen molar-refractivity contribution in [2.75, 3.05) is 24.6 Å². The Morgan fingerprint density at radius 1 is 1.44 bits per heavy atom. The minimum Gasteiger partial charge on any atom is -0.480 e. The van der Waals surface area contributed by atoms with Gasteiger partial charge in [0.15, 0.2) is 0 Å². The summed E-state index contributed by atoms with van der Waals surface area (Å²) in [6.07, 6.45) is 2.16. The van der Waals surface area contributed by atoms with E-state index in [-0.39, 0.29) is 12.6 Å². The maximum absolute atomic E-state index is 10.9. The van der Waals surface area contributed by atoms with E-state index in [9.17, 15) is 4.79 Å². The highest BCUT2D eigenvalue weighted by atomic mass is 35.5. The lowest BCUT2D eigenvalue weighted by atomic mass is 10.2. The Balaban J connectivity index is 2.07. The number of carbonyl (C=O) groups is 1. The molecule has 1 aliphatic heterocycles. The Hall–Kier alpha value is -1.26. The van der Waals surface area contributed by atoms with Crippen LogP contribution in [0.4, 0.5) is 5.69 Å². The number of rotatable bonds is 5. The predicted octanol–water partition coefficient (Wildman–Crippen LogP) is 2.41. The lowest BCUT2D eigenvalue weighted by Crippen LogP contribution is -2.36. The van der Waals surface area contributed by atoms with Gasteiger partial charge in [-0.1, -0.05) is 11.6 Å². The molecule has 2 rings (SSSR count). The molecule has 1 aromatic rings. The lowest BCUT2D eigenvalue weighted by molar-refractivity contribution is -0.135. The minimum absolute atomic E-state index is 0.0263. The average molecular weight is 270 g/mol. The van der Waals surface area contributed by atoms with E-state index in [4.69, 9.17) is 21.4 Å². The van der Waals surface area contributed by atoms with E-state index < -0.39 is 5.97 Å². The van der Waals surface area contributed by atoms with E-state index in [1.165, 1.54) is 0 Å². The Morgan fingerprint density at radius 3 is 2.72 bits per heavy atom. The SMILES string of the molecule is O=C(O)CN(CC1CCCO1)c1ccc(Cl)cc1. The van der Waals surface area contributed by atoms with Crippen LogP contribution in [0.1, 0.15) is 12.8 Å². The summed E-state index contributed by atoms with van der Waals surface area (Å²) in [6, 6.07) is 7.20. The summed E-state index contributed by atoms with van der Waals surface area (Å²) in [5, 5.41) is 9.61. The third kappa shape index (κ3) is 3.62. The van der Waals surface area contributed by atoms with Gasteiger partial charge >= 0.3 is 5.97 Å². The van der Waals surface area contributed by atoms with Crippen LogP contribution in [0.5, 0.6) is 0 Å². The van der Waals surface area contributed by atoms with E-state index in [1.54, 1.807) is 12.1 Å². The second kappa shape index (κ2) is 6.07. The number of aliphatic carboxylic acids is 1. The Morgan fingerprint density at radius 2 is 2.17 bits per heavy atom. The van der Waals surface area contributed by atoms with Crippen LogP contribution in [0.3, 0.4) is 0 Å². The molecule has 1 saturated heterocycles. The first kappa shape index (κ1) is 13.2. The molecule has 5 heteroatoms. The number of halogens is 1. The molecule has 1 atom stereocenters. The summed E-state index contributed by atoms with van der Waals surface area (Å²) in [6.45, 7) is 1.35. The van der Waals surface area contributed by atoms with Gasteiger partial charge in [0.1, 0.15) is 6.54 Å². The van der Waals surface area contributed by atoms with Crippen molar-refractivity contribution in [2.45, 2.75) is 18.9 Å². The maximum atomic E-state index is 10.9. The molecule has 0 aliphatic carbocycles. The molecule has 0 aromatic heterocycles. The fraction of sp³-hybridized carbons (Fsp3) is 0.462. The largest absolute Gasteiger partial charge is 0.480 e. The van der Waals surface area contributed by atoms with Crippen molar-refractivity contribution >= 4 is 23.3 Å². The molecule has 1 unspecified atom stereocenters. The molecule has 0 amide bonds. The quantitative estimate of drug-likeness (QED) is 0.892. The van der Waals surface area contributed by atoms with Crippen LogP contribution in [0.2, 0.25) is 5.02 Å². The number of hydrogen-bond acceptors (Lipinski definition) is 3. The van der Waals surface area contributed by atoms with Gasteiger partial charge in [0, 0.05) is 23.9 Å². The smallest absolute Gasteiger partial charge is 0.323 e. The van der Waals surface area contributed by atoms with Crippen molar-refractivity contribution in [3.63, 3.8) is 0 Å². The highest BCUT2D eigenvalue weighted by Crippen LogP contribution is 2.21. The average Bonchev–Trinajstić information content (AvgIpc) is 2.81. The number of ether oxygens (including phenoxy) is 1. The third-order valence-electron chi connectivity index (χ3n) is 2.97. The van der Waals surface area contributed by atoms with Crippen molar-refractivity contribution in [1.29, 1.82) is 0 Å². The van der Waals surface area contributed by atoms with Crippen LogP contribution in [0.25, 0.3) is 0 Å². The van der Waals surface area contributed by atoms with E-state index in [0.29, 0.717) is 11.6 Å². The van der Waals surface area contributed by atoms with Crippen LogP contribution in [0, 0.1) is 0 Å².